The lowest BCUT2D eigenvalue weighted by molar-refractivity contribution is -0.139. The normalized spacial score (nSPS) is 10.5. The summed E-state index contributed by atoms with van der Waals surface area (Å²) in [6.45, 7) is 1.78. The molecule has 100 valence electrons. The van der Waals surface area contributed by atoms with Gasteiger partial charge >= 0.3 is 11.6 Å². The lowest BCUT2D eigenvalue weighted by Gasteiger charge is -2.08. The van der Waals surface area contributed by atoms with Crippen LogP contribution in [-0.2, 0) is 16.0 Å². The van der Waals surface area contributed by atoms with Crippen molar-refractivity contribution in [2.24, 2.45) is 0 Å². The molecule has 0 N–H and O–H groups in total. The number of fused-ring (bicyclic) bond motifs is 1. The van der Waals surface area contributed by atoms with E-state index >= 15 is 0 Å². The number of hydrogen-bond acceptors (Lipinski definition) is 5. The Balaban J connectivity index is 2.62. The van der Waals surface area contributed by atoms with Crippen molar-refractivity contribution in [2.45, 2.75) is 13.3 Å². The highest BCUT2D eigenvalue weighted by Gasteiger charge is 2.15. The first-order valence-corrected chi connectivity index (χ1v) is 5.74. The number of benzene rings is 1. The van der Waals surface area contributed by atoms with E-state index in [1.807, 2.05) is 0 Å². The molecule has 0 aliphatic heterocycles. The second kappa shape index (κ2) is 5.14. The highest BCUT2D eigenvalue weighted by Crippen LogP contribution is 2.24. The fourth-order valence-electron chi connectivity index (χ4n) is 1.92. The van der Waals surface area contributed by atoms with Gasteiger partial charge in [0.05, 0.1) is 26.2 Å². The van der Waals surface area contributed by atoms with E-state index < -0.39 is 11.6 Å². The molecular weight excluding hydrogens is 248 g/mol. The fraction of sp³-hybridized carbons (Fsp3) is 0.286. The molecule has 0 amide bonds. The first kappa shape index (κ1) is 13.1. The average Bonchev–Trinajstić information content (AvgIpc) is 2.42. The summed E-state index contributed by atoms with van der Waals surface area (Å²) in [5, 5.41) is 0.777. The molecule has 19 heavy (non-hydrogen) atoms. The smallest absolute Gasteiger partial charge is 0.340 e. The Kier molecular flexibility index (Phi) is 3.55. The van der Waals surface area contributed by atoms with Crippen LogP contribution < -0.4 is 10.4 Å². The van der Waals surface area contributed by atoms with Crippen LogP contribution in [0.4, 0.5) is 0 Å². The van der Waals surface area contributed by atoms with Gasteiger partial charge in [0.15, 0.2) is 0 Å². The van der Waals surface area contributed by atoms with Crippen LogP contribution in [0.3, 0.4) is 0 Å². The largest absolute Gasteiger partial charge is 0.497 e. The minimum atomic E-state index is -0.524. The first-order chi connectivity index (χ1) is 9.06. The summed E-state index contributed by atoms with van der Waals surface area (Å²) in [7, 11) is 2.82. The van der Waals surface area contributed by atoms with Gasteiger partial charge in [0.1, 0.15) is 11.3 Å². The second-order valence-electron chi connectivity index (χ2n) is 4.11. The van der Waals surface area contributed by atoms with Crippen LogP contribution in [0.5, 0.6) is 5.75 Å². The summed E-state index contributed by atoms with van der Waals surface area (Å²) in [6, 6.07) is 5.22. The molecule has 5 nitrogen and oxygen atoms in total. The number of esters is 1. The Labute approximate surface area is 109 Å². The van der Waals surface area contributed by atoms with Crippen LogP contribution in [-0.4, -0.2) is 20.2 Å². The number of hydrogen-bond donors (Lipinski definition) is 0. The Hall–Kier alpha value is -2.30. The molecule has 1 aromatic carbocycles. The first-order valence-electron chi connectivity index (χ1n) is 5.74. The van der Waals surface area contributed by atoms with Crippen LogP contribution >= 0.6 is 0 Å². The van der Waals surface area contributed by atoms with Crippen molar-refractivity contribution >= 4 is 16.9 Å². The molecule has 0 unspecified atom stereocenters. The number of ether oxygens (including phenoxy) is 2. The van der Waals surface area contributed by atoms with Gasteiger partial charge in [-0.05, 0) is 24.6 Å². The maximum absolute atomic E-state index is 11.9. The highest BCUT2D eigenvalue weighted by molar-refractivity contribution is 5.84. The molecule has 2 aromatic rings. The lowest BCUT2D eigenvalue weighted by Crippen LogP contribution is -2.16. The van der Waals surface area contributed by atoms with Gasteiger partial charge in [-0.1, -0.05) is 0 Å². The van der Waals surface area contributed by atoms with Crippen LogP contribution in [0.25, 0.3) is 11.0 Å². The molecule has 0 fully saturated rings. The average molecular weight is 262 g/mol. The lowest BCUT2D eigenvalue weighted by atomic mass is 10.0. The summed E-state index contributed by atoms with van der Waals surface area (Å²) in [6.07, 6.45) is -0.0906. The Morgan fingerprint density at radius 2 is 2.05 bits per heavy atom. The molecule has 0 saturated carbocycles. The van der Waals surface area contributed by atoms with E-state index in [1.165, 1.54) is 14.2 Å². The molecule has 0 atom stereocenters. The molecule has 0 aliphatic carbocycles. The standard InChI is InChI=1S/C14H14O5/c1-8-10-5-4-9(17-2)6-12(10)19-14(16)11(8)7-13(15)18-3/h4-6H,7H2,1-3H3. The Morgan fingerprint density at radius 3 is 2.68 bits per heavy atom. The predicted molar refractivity (Wildman–Crippen MR) is 69.5 cm³/mol. The highest BCUT2D eigenvalue weighted by atomic mass is 16.5. The van der Waals surface area contributed by atoms with Gasteiger partial charge < -0.3 is 13.9 Å². The second-order valence-corrected chi connectivity index (χ2v) is 4.11. The van der Waals surface area contributed by atoms with Crippen molar-refractivity contribution in [1.29, 1.82) is 0 Å². The number of aryl methyl sites for hydroxylation is 1. The predicted octanol–water partition coefficient (Wildman–Crippen LogP) is 1.83. The monoisotopic (exact) mass is 262 g/mol. The Morgan fingerprint density at radius 1 is 1.32 bits per heavy atom. The number of rotatable bonds is 3. The fourth-order valence-corrected chi connectivity index (χ4v) is 1.92. The third-order valence-electron chi connectivity index (χ3n) is 3.04. The molecular formula is C14H14O5. The van der Waals surface area contributed by atoms with Crippen molar-refractivity contribution in [3.05, 3.63) is 39.7 Å². The molecule has 0 spiro atoms. The molecule has 1 aromatic heterocycles. The van der Waals surface area contributed by atoms with Gasteiger partial charge in [-0.3, -0.25) is 4.79 Å². The van der Waals surface area contributed by atoms with Crippen molar-refractivity contribution < 1.29 is 18.7 Å². The molecule has 0 bridgehead atoms. The molecule has 5 heteroatoms. The van der Waals surface area contributed by atoms with Crippen molar-refractivity contribution in [2.75, 3.05) is 14.2 Å². The van der Waals surface area contributed by atoms with E-state index in [1.54, 1.807) is 25.1 Å². The van der Waals surface area contributed by atoms with E-state index in [9.17, 15) is 9.59 Å². The third-order valence-corrected chi connectivity index (χ3v) is 3.04. The van der Waals surface area contributed by atoms with Gasteiger partial charge in [-0.25, -0.2) is 4.79 Å². The Bertz CT molecular complexity index is 684. The van der Waals surface area contributed by atoms with Crippen LogP contribution in [0, 0.1) is 6.92 Å². The molecule has 2 rings (SSSR count). The van der Waals surface area contributed by atoms with Gasteiger partial charge in [-0.2, -0.15) is 0 Å². The number of carbonyl (C=O) groups excluding carboxylic acids is 1. The van der Waals surface area contributed by atoms with E-state index in [0.29, 0.717) is 16.9 Å². The maximum Gasteiger partial charge on any atom is 0.340 e. The summed E-state index contributed by atoms with van der Waals surface area (Å²) in [4.78, 5) is 23.2. The zero-order valence-electron chi connectivity index (χ0n) is 11.0. The van der Waals surface area contributed by atoms with Gasteiger partial charge in [0, 0.05) is 11.5 Å². The van der Waals surface area contributed by atoms with E-state index in [0.717, 1.165) is 10.9 Å². The van der Waals surface area contributed by atoms with Gasteiger partial charge in [0.25, 0.3) is 0 Å². The van der Waals surface area contributed by atoms with Crippen LogP contribution in [0.2, 0.25) is 0 Å². The summed E-state index contributed by atoms with van der Waals surface area (Å²) in [5.74, 6) is 0.138. The zero-order valence-corrected chi connectivity index (χ0v) is 11.0. The third kappa shape index (κ3) is 2.45. The van der Waals surface area contributed by atoms with Gasteiger partial charge in [0.2, 0.25) is 0 Å². The summed E-state index contributed by atoms with van der Waals surface area (Å²) >= 11 is 0. The number of carbonyl (C=O) groups is 1. The SMILES string of the molecule is COC(=O)Cc1c(C)c2ccc(OC)cc2oc1=O. The molecule has 0 saturated heterocycles. The summed E-state index contributed by atoms with van der Waals surface area (Å²) in [5.41, 5.74) is 0.961. The zero-order chi connectivity index (χ0) is 14.0. The van der Waals surface area contributed by atoms with Crippen molar-refractivity contribution in [1.82, 2.24) is 0 Å². The maximum atomic E-state index is 11.9. The molecule has 1 heterocycles. The van der Waals surface area contributed by atoms with Crippen LogP contribution in [0.15, 0.2) is 27.4 Å². The van der Waals surface area contributed by atoms with Crippen LogP contribution in [0.1, 0.15) is 11.1 Å². The topological polar surface area (TPSA) is 65.7 Å². The number of methoxy groups -OCH3 is 2. The minimum absolute atomic E-state index is 0.0906. The van der Waals surface area contributed by atoms with E-state index in [2.05, 4.69) is 4.74 Å². The van der Waals surface area contributed by atoms with E-state index in [4.69, 9.17) is 9.15 Å². The van der Waals surface area contributed by atoms with Gasteiger partial charge in [-0.15, -0.1) is 0 Å². The summed E-state index contributed by atoms with van der Waals surface area (Å²) < 4.78 is 14.9. The van der Waals surface area contributed by atoms with E-state index in [-0.39, 0.29) is 6.42 Å². The quantitative estimate of drug-likeness (QED) is 0.623. The van der Waals surface area contributed by atoms with Crippen molar-refractivity contribution in [3.63, 3.8) is 0 Å². The molecule has 0 aliphatic rings. The molecule has 0 radical (unpaired) electrons. The van der Waals surface area contributed by atoms with Crippen molar-refractivity contribution in [3.8, 4) is 5.75 Å². The minimum Gasteiger partial charge on any atom is -0.497 e.